The number of likely N-dealkylation sites (tertiary alicyclic amines) is 1. The molecule has 6 nitrogen and oxygen atoms in total. The van der Waals surface area contributed by atoms with E-state index in [1.54, 1.807) is 17.9 Å². The van der Waals surface area contributed by atoms with Gasteiger partial charge in [0.2, 0.25) is 5.91 Å². The van der Waals surface area contributed by atoms with Crippen molar-refractivity contribution < 1.29 is 18.7 Å². The molecule has 0 aromatic heterocycles. The first-order valence-corrected chi connectivity index (χ1v) is 8.73. The Bertz CT molecular complexity index is 638. The van der Waals surface area contributed by atoms with Gasteiger partial charge in [0, 0.05) is 37.8 Å². The van der Waals surface area contributed by atoms with Gasteiger partial charge in [0.15, 0.2) is 0 Å². The fraction of sp³-hybridized carbons (Fsp3) is 0.556. The number of benzene rings is 1. The maximum Gasteiger partial charge on any atom is 0.321 e. The molecule has 0 saturated carbocycles. The summed E-state index contributed by atoms with van der Waals surface area (Å²) in [5.41, 5.74) is 1.30. The lowest BCUT2D eigenvalue weighted by Crippen LogP contribution is -2.48. The van der Waals surface area contributed by atoms with Crippen molar-refractivity contribution in [2.45, 2.75) is 19.8 Å². The summed E-state index contributed by atoms with van der Waals surface area (Å²) in [6.45, 7) is 5.37. The number of hydrogen-bond acceptors (Lipinski definition) is 3. The van der Waals surface area contributed by atoms with Gasteiger partial charge in [-0.25, -0.2) is 9.18 Å². The van der Waals surface area contributed by atoms with Crippen molar-refractivity contribution in [3.05, 3.63) is 29.6 Å². The van der Waals surface area contributed by atoms with Crippen LogP contribution in [-0.4, -0.2) is 61.1 Å². The Kier molecular flexibility index (Phi) is 5.53. The molecule has 0 bridgehead atoms. The van der Waals surface area contributed by atoms with Gasteiger partial charge in [0.05, 0.1) is 13.2 Å². The number of carbonyl (C=O) groups excluding carboxylic acids is 2. The SMILES string of the molecule is Cc1cc(F)ccc1NC(=O)N1CCC(C(=O)N2CCOCC2)CC1. The number of ether oxygens (including phenoxy) is 1. The van der Waals surface area contributed by atoms with E-state index in [9.17, 15) is 14.0 Å². The minimum atomic E-state index is -0.321. The Morgan fingerprint density at radius 1 is 1.12 bits per heavy atom. The van der Waals surface area contributed by atoms with Gasteiger partial charge in [0.25, 0.3) is 0 Å². The highest BCUT2D eigenvalue weighted by atomic mass is 19.1. The number of nitrogens with one attached hydrogen (secondary N) is 1. The summed E-state index contributed by atoms with van der Waals surface area (Å²) in [6.07, 6.45) is 1.35. The molecule has 1 aromatic carbocycles. The number of amides is 3. The van der Waals surface area contributed by atoms with Gasteiger partial charge in [-0.3, -0.25) is 4.79 Å². The molecule has 0 atom stereocenters. The van der Waals surface area contributed by atoms with Crippen LogP contribution in [0.3, 0.4) is 0 Å². The lowest BCUT2D eigenvalue weighted by Gasteiger charge is -2.35. The lowest BCUT2D eigenvalue weighted by atomic mass is 9.95. The van der Waals surface area contributed by atoms with Crippen LogP contribution >= 0.6 is 0 Å². The smallest absolute Gasteiger partial charge is 0.321 e. The summed E-state index contributed by atoms with van der Waals surface area (Å²) in [5, 5.41) is 2.82. The number of hydrogen-bond donors (Lipinski definition) is 1. The predicted octanol–water partition coefficient (Wildman–Crippen LogP) is 2.24. The van der Waals surface area contributed by atoms with Crippen molar-refractivity contribution in [1.29, 1.82) is 0 Å². The fourth-order valence-corrected chi connectivity index (χ4v) is 3.33. The van der Waals surface area contributed by atoms with E-state index < -0.39 is 0 Å². The first-order chi connectivity index (χ1) is 12.0. The van der Waals surface area contributed by atoms with Crippen LogP contribution in [-0.2, 0) is 9.53 Å². The molecule has 2 fully saturated rings. The molecule has 2 aliphatic heterocycles. The second kappa shape index (κ2) is 7.82. The summed E-state index contributed by atoms with van der Waals surface area (Å²) >= 11 is 0. The third-order valence-corrected chi connectivity index (χ3v) is 4.88. The van der Waals surface area contributed by atoms with E-state index in [1.807, 2.05) is 4.90 Å². The maximum absolute atomic E-state index is 13.1. The highest BCUT2D eigenvalue weighted by Gasteiger charge is 2.30. The van der Waals surface area contributed by atoms with Gasteiger partial charge in [-0.2, -0.15) is 0 Å². The standard InChI is InChI=1S/C18H24FN3O3/c1-13-12-15(19)2-3-16(13)20-18(24)22-6-4-14(5-7-22)17(23)21-8-10-25-11-9-21/h2-3,12,14H,4-11H2,1H3,(H,20,24). The largest absolute Gasteiger partial charge is 0.378 e. The number of halogens is 1. The van der Waals surface area contributed by atoms with E-state index in [0.717, 1.165) is 0 Å². The first-order valence-electron chi connectivity index (χ1n) is 8.73. The number of piperidine rings is 1. The molecular formula is C18H24FN3O3. The third kappa shape index (κ3) is 4.28. The average Bonchev–Trinajstić information content (AvgIpc) is 2.64. The molecule has 7 heteroatoms. The molecule has 0 spiro atoms. The summed E-state index contributed by atoms with van der Waals surface area (Å²) in [5.74, 6) is -0.162. The zero-order chi connectivity index (χ0) is 17.8. The molecule has 0 aliphatic carbocycles. The van der Waals surface area contributed by atoms with Gasteiger partial charge in [-0.05, 0) is 43.5 Å². The van der Waals surface area contributed by atoms with E-state index >= 15 is 0 Å². The molecule has 0 radical (unpaired) electrons. The molecule has 25 heavy (non-hydrogen) atoms. The maximum atomic E-state index is 13.1. The summed E-state index contributed by atoms with van der Waals surface area (Å²) in [7, 11) is 0. The Hall–Kier alpha value is -2.15. The first kappa shape index (κ1) is 17.7. The van der Waals surface area contributed by atoms with Crippen LogP contribution in [0.5, 0.6) is 0 Å². The van der Waals surface area contributed by atoms with Crippen LogP contribution in [0.1, 0.15) is 18.4 Å². The van der Waals surface area contributed by atoms with E-state index in [-0.39, 0.29) is 23.7 Å². The number of urea groups is 1. The van der Waals surface area contributed by atoms with Crippen molar-refractivity contribution >= 4 is 17.6 Å². The molecule has 1 aromatic rings. The monoisotopic (exact) mass is 349 g/mol. The topological polar surface area (TPSA) is 61.9 Å². The number of aryl methyl sites for hydroxylation is 1. The number of rotatable bonds is 2. The molecule has 2 heterocycles. The van der Waals surface area contributed by atoms with E-state index in [0.29, 0.717) is 63.5 Å². The number of nitrogens with zero attached hydrogens (tertiary/aromatic N) is 2. The predicted molar refractivity (Wildman–Crippen MR) is 91.9 cm³/mol. The molecule has 136 valence electrons. The van der Waals surface area contributed by atoms with Crippen LogP contribution < -0.4 is 5.32 Å². The van der Waals surface area contributed by atoms with E-state index in [4.69, 9.17) is 4.74 Å². The summed E-state index contributed by atoms with van der Waals surface area (Å²) < 4.78 is 18.4. The van der Waals surface area contributed by atoms with Gasteiger partial charge in [-0.1, -0.05) is 0 Å². The molecule has 2 aliphatic rings. The number of anilines is 1. The molecule has 3 rings (SSSR count). The highest BCUT2D eigenvalue weighted by molar-refractivity contribution is 5.90. The van der Waals surface area contributed by atoms with Gasteiger partial charge in [-0.15, -0.1) is 0 Å². The molecular weight excluding hydrogens is 325 g/mol. The Morgan fingerprint density at radius 3 is 2.44 bits per heavy atom. The van der Waals surface area contributed by atoms with Crippen molar-refractivity contribution in [3.63, 3.8) is 0 Å². The van der Waals surface area contributed by atoms with Gasteiger partial charge < -0.3 is 19.9 Å². The average molecular weight is 349 g/mol. The van der Waals surface area contributed by atoms with Crippen LogP contribution in [0, 0.1) is 18.7 Å². The second-order valence-electron chi connectivity index (χ2n) is 6.59. The van der Waals surface area contributed by atoms with Crippen molar-refractivity contribution in [1.82, 2.24) is 9.80 Å². The Labute approximate surface area is 146 Å². The van der Waals surface area contributed by atoms with E-state index in [1.165, 1.54) is 12.1 Å². The van der Waals surface area contributed by atoms with Crippen LogP contribution in [0.15, 0.2) is 18.2 Å². The zero-order valence-electron chi connectivity index (χ0n) is 14.5. The fourth-order valence-electron chi connectivity index (χ4n) is 3.33. The van der Waals surface area contributed by atoms with Crippen molar-refractivity contribution in [3.8, 4) is 0 Å². The normalized spacial score (nSPS) is 19.0. The van der Waals surface area contributed by atoms with Crippen molar-refractivity contribution in [2.24, 2.45) is 5.92 Å². The highest BCUT2D eigenvalue weighted by Crippen LogP contribution is 2.22. The molecule has 2 saturated heterocycles. The summed E-state index contributed by atoms with van der Waals surface area (Å²) in [6, 6.07) is 4.09. The lowest BCUT2D eigenvalue weighted by molar-refractivity contribution is -0.140. The van der Waals surface area contributed by atoms with Crippen LogP contribution in [0.4, 0.5) is 14.9 Å². The van der Waals surface area contributed by atoms with Gasteiger partial charge in [0.1, 0.15) is 5.82 Å². The number of carbonyl (C=O) groups is 2. The molecule has 3 amide bonds. The Morgan fingerprint density at radius 2 is 1.80 bits per heavy atom. The second-order valence-corrected chi connectivity index (χ2v) is 6.59. The van der Waals surface area contributed by atoms with Crippen LogP contribution in [0.25, 0.3) is 0 Å². The van der Waals surface area contributed by atoms with Crippen molar-refractivity contribution in [2.75, 3.05) is 44.7 Å². The quantitative estimate of drug-likeness (QED) is 0.891. The molecule has 1 N–H and O–H groups in total. The molecule has 0 unspecified atom stereocenters. The number of morpholine rings is 1. The van der Waals surface area contributed by atoms with Gasteiger partial charge >= 0.3 is 6.03 Å². The summed E-state index contributed by atoms with van der Waals surface area (Å²) in [4.78, 5) is 28.5. The van der Waals surface area contributed by atoms with E-state index in [2.05, 4.69) is 5.32 Å². The Balaban J connectivity index is 1.51. The minimum absolute atomic E-state index is 0.0188. The zero-order valence-corrected chi connectivity index (χ0v) is 14.5. The van der Waals surface area contributed by atoms with Crippen LogP contribution in [0.2, 0.25) is 0 Å². The minimum Gasteiger partial charge on any atom is -0.378 e. The third-order valence-electron chi connectivity index (χ3n) is 4.88.